The molecular weight excluding hydrogens is 350 g/mol. The van der Waals surface area contributed by atoms with E-state index in [1.54, 1.807) is 0 Å². The summed E-state index contributed by atoms with van der Waals surface area (Å²) in [4.78, 5) is 27.9. The van der Waals surface area contributed by atoms with E-state index in [9.17, 15) is 18.4 Å². The molecule has 0 atom stereocenters. The van der Waals surface area contributed by atoms with Crippen LogP contribution in [0.4, 0.5) is 14.6 Å². The smallest absolute Gasteiger partial charge is 0.343 e. The summed E-state index contributed by atoms with van der Waals surface area (Å²) >= 11 is 0. The first-order valence-corrected chi connectivity index (χ1v) is 7.24. The van der Waals surface area contributed by atoms with E-state index in [4.69, 9.17) is 9.15 Å². The zero-order valence-corrected chi connectivity index (χ0v) is 13.6. The highest BCUT2D eigenvalue weighted by Gasteiger charge is 2.20. The van der Waals surface area contributed by atoms with Crippen LogP contribution in [0.5, 0.6) is 5.75 Å². The number of carbonyl (C=O) groups is 2. The number of benzene rings is 1. The van der Waals surface area contributed by atoms with Gasteiger partial charge in [-0.15, -0.1) is 0 Å². The molecule has 2 heterocycles. The largest absolute Gasteiger partial charge is 0.496 e. The summed E-state index contributed by atoms with van der Waals surface area (Å²) in [5.41, 5.74) is -0.231. The van der Waals surface area contributed by atoms with E-state index in [-0.39, 0.29) is 33.7 Å². The summed E-state index contributed by atoms with van der Waals surface area (Å²) in [6, 6.07) is 2.96. The van der Waals surface area contributed by atoms with Crippen LogP contribution in [0.25, 0.3) is 11.0 Å². The van der Waals surface area contributed by atoms with E-state index in [0.717, 1.165) is 12.3 Å². The Bertz CT molecular complexity index is 1020. The number of esters is 1. The van der Waals surface area contributed by atoms with E-state index < -0.39 is 23.5 Å². The number of aromatic nitrogens is 1. The third kappa shape index (κ3) is 3.06. The predicted octanol–water partition coefficient (Wildman–Crippen LogP) is 3.15. The molecule has 0 fully saturated rings. The zero-order chi connectivity index (χ0) is 18.8. The van der Waals surface area contributed by atoms with Gasteiger partial charge in [-0.3, -0.25) is 4.79 Å². The van der Waals surface area contributed by atoms with Gasteiger partial charge < -0.3 is 19.2 Å². The molecule has 0 unspecified atom stereocenters. The third-order valence-corrected chi connectivity index (χ3v) is 3.57. The molecule has 9 heteroatoms. The summed E-state index contributed by atoms with van der Waals surface area (Å²) in [6.07, 6.45) is 2.19. The van der Waals surface area contributed by atoms with Gasteiger partial charge in [0.25, 0.3) is 5.91 Å². The van der Waals surface area contributed by atoms with Gasteiger partial charge in [-0.25, -0.2) is 18.6 Å². The van der Waals surface area contributed by atoms with Crippen LogP contribution >= 0.6 is 0 Å². The monoisotopic (exact) mass is 362 g/mol. The number of halogens is 2. The summed E-state index contributed by atoms with van der Waals surface area (Å²) in [5.74, 6) is -2.91. The number of nitrogens with one attached hydrogen (secondary N) is 1. The first kappa shape index (κ1) is 17.3. The number of pyridine rings is 1. The maximum Gasteiger partial charge on any atom is 0.343 e. The minimum Gasteiger partial charge on any atom is -0.496 e. The quantitative estimate of drug-likeness (QED) is 0.717. The van der Waals surface area contributed by atoms with E-state index >= 15 is 0 Å². The van der Waals surface area contributed by atoms with Gasteiger partial charge in [-0.1, -0.05) is 0 Å². The fraction of sp³-hybridized carbons (Fsp3) is 0.118. The van der Waals surface area contributed by atoms with Gasteiger partial charge in [0, 0.05) is 23.7 Å². The number of fused-ring (bicyclic) bond motifs is 1. The number of furan rings is 1. The Morgan fingerprint density at radius 3 is 2.62 bits per heavy atom. The lowest BCUT2D eigenvalue weighted by molar-refractivity contribution is 0.0596. The Morgan fingerprint density at radius 2 is 1.92 bits per heavy atom. The van der Waals surface area contributed by atoms with Crippen molar-refractivity contribution in [1.82, 2.24) is 4.98 Å². The molecule has 3 rings (SSSR count). The molecule has 1 amide bonds. The van der Waals surface area contributed by atoms with Crippen LogP contribution < -0.4 is 10.1 Å². The van der Waals surface area contributed by atoms with Crippen molar-refractivity contribution in [3.63, 3.8) is 0 Å². The molecule has 1 aromatic carbocycles. The van der Waals surface area contributed by atoms with Crippen molar-refractivity contribution in [2.75, 3.05) is 19.5 Å². The fourth-order valence-electron chi connectivity index (χ4n) is 2.36. The highest BCUT2D eigenvalue weighted by atomic mass is 19.1. The van der Waals surface area contributed by atoms with Crippen LogP contribution in [0.15, 0.2) is 35.1 Å². The molecule has 0 radical (unpaired) electrons. The van der Waals surface area contributed by atoms with Crippen LogP contribution in [0, 0.1) is 11.6 Å². The van der Waals surface area contributed by atoms with Gasteiger partial charge in [0.05, 0.1) is 19.8 Å². The second kappa shape index (κ2) is 6.79. The summed E-state index contributed by atoms with van der Waals surface area (Å²) in [6.45, 7) is 0. The zero-order valence-electron chi connectivity index (χ0n) is 13.6. The molecule has 7 nitrogen and oxygen atoms in total. The van der Waals surface area contributed by atoms with Crippen molar-refractivity contribution in [3.8, 4) is 5.75 Å². The Morgan fingerprint density at radius 1 is 1.15 bits per heavy atom. The molecule has 2 aromatic heterocycles. The van der Waals surface area contributed by atoms with E-state index in [1.807, 2.05) is 0 Å². The van der Waals surface area contributed by atoms with Gasteiger partial charge in [0.2, 0.25) is 0 Å². The van der Waals surface area contributed by atoms with Crippen LogP contribution in [0.2, 0.25) is 0 Å². The topological polar surface area (TPSA) is 90.7 Å². The Kier molecular flexibility index (Phi) is 4.53. The highest BCUT2D eigenvalue weighted by Crippen LogP contribution is 2.27. The Balaban J connectivity index is 1.92. The fourth-order valence-corrected chi connectivity index (χ4v) is 2.36. The summed E-state index contributed by atoms with van der Waals surface area (Å²) < 4.78 is 41.7. The van der Waals surface area contributed by atoms with Crippen molar-refractivity contribution in [3.05, 3.63) is 53.4 Å². The van der Waals surface area contributed by atoms with Crippen molar-refractivity contribution >= 4 is 28.7 Å². The Hall–Kier alpha value is -3.49. The predicted molar refractivity (Wildman–Crippen MR) is 86.2 cm³/mol. The van der Waals surface area contributed by atoms with Crippen molar-refractivity contribution in [2.24, 2.45) is 0 Å². The first-order chi connectivity index (χ1) is 12.4. The number of amides is 1. The van der Waals surface area contributed by atoms with Crippen LogP contribution in [0.3, 0.4) is 0 Å². The molecule has 0 aliphatic carbocycles. The van der Waals surface area contributed by atoms with Crippen molar-refractivity contribution in [2.45, 2.75) is 0 Å². The maximum absolute atomic E-state index is 13.7. The van der Waals surface area contributed by atoms with Crippen LogP contribution in [0.1, 0.15) is 20.7 Å². The van der Waals surface area contributed by atoms with E-state index in [1.165, 1.54) is 26.5 Å². The number of methoxy groups -OCH3 is 2. The number of ether oxygens (including phenoxy) is 2. The normalized spacial score (nSPS) is 10.6. The van der Waals surface area contributed by atoms with Crippen molar-refractivity contribution < 1.29 is 32.3 Å². The SMILES string of the molecule is COC(=O)c1cnc(NC(=O)c2coc3c(F)cc(F)cc23)cc1OC. The minimum absolute atomic E-state index is 0.0156. The number of nitrogens with zero attached hydrogens (tertiary/aromatic N) is 1. The van der Waals surface area contributed by atoms with E-state index in [0.29, 0.717) is 6.07 Å². The molecule has 0 aliphatic rings. The van der Waals surface area contributed by atoms with Gasteiger partial charge in [-0.2, -0.15) is 0 Å². The minimum atomic E-state index is -0.915. The second-order valence-electron chi connectivity index (χ2n) is 5.13. The number of hydrogen-bond donors (Lipinski definition) is 1. The number of rotatable bonds is 4. The lowest BCUT2D eigenvalue weighted by Crippen LogP contribution is -2.13. The van der Waals surface area contributed by atoms with Crippen LogP contribution in [-0.2, 0) is 4.74 Å². The second-order valence-corrected chi connectivity index (χ2v) is 5.13. The highest BCUT2D eigenvalue weighted by molar-refractivity contribution is 6.12. The molecule has 3 aromatic rings. The van der Waals surface area contributed by atoms with E-state index in [2.05, 4.69) is 15.0 Å². The maximum atomic E-state index is 13.7. The third-order valence-electron chi connectivity index (χ3n) is 3.57. The van der Waals surface area contributed by atoms with Gasteiger partial charge in [0.1, 0.15) is 29.2 Å². The average molecular weight is 362 g/mol. The molecule has 26 heavy (non-hydrogen) atoms. The molecule has 0 spiro atoms. The van der Waals surface area contributed by atoms with Crippen molar-refractivity contribution in [1.29, 1.82) is 0 Å². The van der Waals surface area contributed by atoms with Gasteiger partial charge in [0.15, 0.2) is 11.4 Å². The lowest BCUT2D eigenvalue weighted by atomic mass is 10.1. The Labute approximate surface area is 145 Å². The number of hydrogen-bond acceptors (Lipinski definition) is 6. The molecule has 1 N–H and O–H groups in total. The van der Waals surface area contributed by atoms with Gasteiger partial charge >= 0.3 is 5.97 Å². The average Bonchev–Trinajstić information content (AvgIpc) is 3.05. The van der Waals surface area contributed by atoms with Crippen LogP contribution in [-0.4, -0.2) is 31.1 Å². The molecule has 0 saturated carbocycles. The number of anilines is 1. The molecule has 134 valence electrons. The molecule has 0 bridgehead atoms. The molecule has 0 saturated heterocycles. The first-order valence-electron chi connectivity index (χ1n) is 7.24. The molecular formula is C17H12F2N2O5. The number of carbonyl (C=O) groups excluding carboxylic acids is 2. The summed E-state index contributed by atoms with van der Waals surface area (Å²) in [5, 5.41) is 2.43. The molecule has 0 aliphatic heterocycles. The summed E-state index contributed by atoms with van der Waals surface area (Å²) in [7, 11) is 2.54. The van der Waals surface area contributed by atoms with Gasteiger partial charge in [-0.05, 0) is 6.07 Å². The standard InChI is InChI=1S/C17H12F2N2O5/c1-24-13-5-14(20-6-10(13)17(23)25-2)21-16(22)11-7-26-15-9(11)3-8(18)4-12(15)19/h3-7H,1-2H3,(H,20,21,22). The lowest BCUT2D eigenvalue weighted by Gasteiger charge is -2.09.